The van der Waals surface area contributed by atoms with Gasteiger partial charge in [0.05, 0.1) is 10.4 Å². The molecular formula is C12H13ClO4. The van der Waals surface area contributed by atoms with E-state index in [0.717, 1.165) is 5.56 Å². The highest BCUT2D eigenvalue weighted by Gasteiger charge is 2.29. The minimum Gasteiger partial charge on any atom is -0.481 e. The van der Waals surface area contributed by atoms with Crippen molar-refractivity contribution >= 4 is 17.6 Å². The van der Waals surface area contributed by atoms with E-state index in [4.69, 9.17) is 26.2 Å². The Morgan fingerprint density at radius 1 is 1.47 bits per heavy atom. The lowest BCUT2D eigenvalue weighted by Crippen LogP contribution is -2.26. The summed E-state index contributed by atoms with van der Waals surface area (Å²) in [7, 11) is 0. The summed E-state index contributed by atoms with van der Waals surface area (Å²) in [6.07, 6.45) is 0.388. The van der Waals surface area contributed by atoms with Crippen LogP contribution in [0, 0.1) is 5.41 Å². The van der Waals surface area contributed by atoms with Gasteiger partial charge in [-0.15, -0.1) is 0 Å². The van der Waals surface area contributed by atoms with Crippen LogP contribution in [-0.2, 0) is 11.2 Å². The molecule has 4 nitrogen and oxygen atoms in total. The maximum absolute atomic E-state index is 11.1. The number of ether oxygens (including phenoxy) is 2. The predicted octanol–water partition coefficient (Wildman–Crippen LogP) is 2.72. The van der Waals surface area contributed by atoms with Crippen LogP contribution in [0.1, 0.15) is 19.4 Å². The van der Waals surface area contributed by atoms with Gasteiger partial charge in [0.25, 0.3) is 0 Å². The highest BCUT2D eigenvalue weighted by Crippen LogP contribution is 2.40. The zero-order valence-electron chi connectivity index (χ0n) is 9.62. The quantitative estimate of drug-likeness (QED) is 0.903. The first-order chi connectivity index (χ1) is 7.90. The van der Waals surface area contributed by atoms with Gasteiger partial charge in [-0.3, -0.25) is 4.79 Å². The number of carbonyl (C=O) groups is 1. The Hall–Kier alpha value is -1.42. The first-order valence-corrected chi connectivity index (χ1v) is 5.59. The highest BCUT2D eigenvalue weighted by atomic mass is 35.5. The monoisotopic (exact) mass is 256 g/mol. The van der Waals surface area contributed by atoms with Crippen molar-refractivity contribution in [1.82, 2.24) is 0 Å². The molecule has 1 N–H and O–H groups in total. The Morgan fingerprint density at radius 2 is 2.18 bits per heavy atom. The zero-order valence-corrected chi connectivity index (χ0v) is 10.4. The Labute approximate surface area is 104 Å². The third-order valence-corrected chi connectivity index (χ3v) is 2.99. The van der Waals surface area contributed by atoms with Crippen molar-refractivity contribution in [2.75, 3.05) is 6.79 Å². The van der Waals surface area contributed by atoms with Crippen LogP contribution in [-0.4, -0.2) is 17.9 Å². The predicted molar refractivity (Wildman–Crippen MR) is 62.7 cm³/mol. The third-order valence-electron chi connectivity index (χ3n) is 2.71. The number of halogens is 1. The molecule has 0 saturated heterocycles. The highest BCUT2D eigenvalue weighted by molar-refractivity contribution is 6.32. The van der Waals surface area contributed by atoms with Crippen molar-refractivity contribution in [1.29, 1.82) is 0 Å². The lowest BCUT2D eigenvalue weighted by Gasteiger charge is -2.19. The van der Waals surface area contributed by atoms with E-state index in [1.165, 1.54) is 0 Å². The summed E-state index contributed by atoms with van der Waals surface area (Å²) < 4.78 is 10.4. The molecule has 1 aromatic carbocycles. The SMILES string of the molecule is CC(C)(Cc1cc(Cl)c2c(c1)OCO2)C(=O)O. The number of aliphatic carboxylic acids is 1. The maximum Gasteiger partial charge on any atom is 0.309 e. The lowest BCUT2D eigenvalue weighted by atomic mass is 9.86. The Morgan fingerprint density at radius 3 is 2.82 bits per heavy atom. The van der Waals surface area contributed by atoms with E-state index in [1.807, 2.05) is 0 Å². The molecule has 0 fully saturated rings. The fraction of sp³-hybridized carbons (Fsp3) is 0.417. The Balaban J connectivity index is 2.29. The van der Waals surface area contributed by atoms with E-state index in [0.29, 0.717) is 22.9 Å². The number of rotatable bonds is 3. The topological polar surface area (TPSA) is 55.8 Å². The number of fused-ring (bicyclic) bond motifs is 1. The van der Waals surface area contributed by atoms with E-state index in [9.17, 15) is 4.79 Å². The van der Waals surface area contributed by atoms with Crippen LogP contribution in [0.25, 0.3) is 0 Å². The molecule has 0 atom stereocenters. The first kappa shape index (κ1) is 12.0. The number of hydrogen-bond acceptors (Lipinski definition) is 3. The molecule has 92 valence electrons. The van der Waals surface area contributed by atoms with Crippen molar-refractivity contribution in [3.63, 3.8) is 0 Å². The number of hydrogen-bond donors (Lipinski definition) is 1. The molecule has 5 heteroatoms. The molecule has 2 rings (SSSR count). The molecule has 1 heterocycles. The van der Waals surface area contributed by atoms with E-state index in [-0.39, 0.29) is 6.79 Å². The van der Waals surface area contributed by atoms with Gasteiger partial charge in [0.15, 0.2) is 11.5 Å². The Kier molecular flexibility index (Phi) is 2.91. The zero-order chi connectivity index (χ0) is 12.6. The summed E-state index contributed by atoms with van der Waals surface area (Å²) in [6.45, 7) is 3.50. The summed E-state index contributed by atoms with van der Waals surface area (Å²) in [5.74, 6) is 0.267. The molecule has 0 saturated carbocycles. The van der Waals surface area contributed by atoms with Gasteiger partial charge >= 0.3 is 5.97 Å². The second-order valence-corrected chi connectivity index (χ2v) is 5.08. The smallest absolute Gasteiger partial charge is 0.309 e. The average Bonchev–Trinajstić information content (AvgIpc) is 2.64. The molecule has 0 radical (unpaired) electrons. The average molecular weight is 257 g/mol. The fourth-order valence-electron chi connectivity index (χ4n) is 1.71. The molecule has 1 aromatic rings. The molecule has 1 aliphatic rings. The fourth-order valence-corrected chi connectivity index (χ4v) is 2.00. The van der Waals surface area contributed by atoms with Crippen molar-refractivity contribution in [2.45, 2.75) is 20.3 Å². The summed E-state index contributed by atoms with van der Waals surface area (Å²) in [5.41, 5.74) is -0.0107. The molecule has 0 unspecified atom stereocenters. The van der Waals surface area contributed by atoms with E-state index >= 15 is 0 Å². The van der Waals surface area contributed by atoms with Crippen LogP contribution in [0.5, 0.6) is 11.5 Å². The summed E-state index contributed by atoms with van der Waals surface area (Å²) >= 11 is 6.03. The second-order valence-electron chi connectivity index (χ2n) is 4.68. The number of carboxylic acid groups (broad SMARTS) is 1. The standard InChI is InChI=1S/C12H13ClO4/c1-12(2,11(14)15)5-7-3-8(13)10-9(4-7)16-6-17-10/h3-4H,5-6H2,1-2H3,(H,14,15). The van der Waals surface area contributed by atoms with E-state index < -0.39 is 11.4 Å². The second kappa shape index (κ2) is 4.11. The van der Waals surface area contributed by atoms with Crippen molar-refractivity contribution in [3.05, 3.63) is 22.7 Å². The van der Waals surface area contributed by atoms with Crippen LogP contribution >= 0.6 is 11.6 Å². The van der Waals surface area contributed by atoms with Gasteiger partial charge in [0.1, 0.15) is 0 Å². The van der Waals surface area contributed by atoms with Crippen molar-refractivity contribution < 1.29 is 19.4 Å². The van der Waals surface area contributed by atoms with Gasteiger partial charge in [0, 0.05) is 0 Å². The molecule has 0 spiro atoms. The van der Waals surface area contributed by atoms with Crippen molar-refractivity contribution in [2.24, 2.45) is 5.41 Å². The van der Waals surface area contributed by atoms with Gasteiger partial charge in [-0.1, -0.05) is 11.6 Å². The van der Waals surface area contributed by atoms with E-state index in [2.05, 4.69) is 0 Å². The van der Waals surface area contributed by atoms with Gasteiger partial charge in [0.2, 0.25) is 6.79 Å². The summed E-state index contributed by atoms with van der Waals surface area (Å²) in [5, 5.41) is 9.53. The van der Waals surface area contributed by atoms with Gasteiger partial charge < -0.3 is 14.6 Å². The Bertz CT molecular complexity index is 468. The molecule has 0 aliphatic carbocycles. The third kappa shape index (κ3) is 2.31. The minimum absolute atomic E-state index is 0.154. The molecule has 1 aliphatic heterocycles. The molecule has 0 bridgehead atoms. The normalized spacial score (nSPS) is 13.8. The number of carboxylic acids is 1. The van der Waals surface area contributed by atoms with Crippen molar-refractivity contribution in [3.8, 4) is 11.5 Å². The minimum atomic E-state index is -0.841. The van der Waals surface area contributed by atoms with Crippen LogP contribution in [0.15, 0.2) is 12.1 Å². The summed E-state index contributed by atoms with van der Waals surface area (Å²) in [6, 6.07) is 3.50. The van der Waals surface area contributed by atoms with E-state index in [1.54, 1.807) is 26.0 Å². The van der Waals surface area contributed by atoms with Crippen LogP contribution in [0.4, 0.5) is 0 Å². The van der Waals surface area contributed by atoms with Crippen LogP contribution in [0.3, 0.4) is 0 Å². The largest absolute Gasteiger partial charge is 0.481 e. The van der Waals surface area contributed by atoms with Gasteiger partial charge in [-0.2, -0.15) is 0 Å². The van der Waals surface area contributed by atoms with Crippen LogP contribution < -0.4 is 9.47 Å². The maximum atomic E-state index is 11.1. The number of benzene rings is 1. The first-order valence-electron chi connectivity index (χ1n) is 5.21. The molecular weight excluding hydrogens is 244 g/mol. The summed E-state index contributed by atoms with van der Waals surface area (Å²) in [4.78, 5) is 11.1. The lowest BCUT2D eigenvalue weighted by molar-refractivity contribution is -0.146. The van der Waals surface area contributed by atoms with Gasteiger partial charge in [-0.25, -0.2) is 0 Å². The molecule has 0 aromatic heterocycles. The van der Waals surface area contributed by atoms with Gasteiger partial charge in [-0.05, 0) is 38.0 Å². The molecule has 0 amide bonds. The molecule has 17 heavy (non-hydrogen) atoms. The van der Waals surface area contributed by atoms with Crippen LogP contribution in [0.2, 0.25) is 5.02 Å².